The smallest absolute Gasteiger partial charge is 0.164 e. The molecule has 0 atom stereocenters. The molecule has 3 aromatic heterocycles. The summed E-state index contributed by atoms with van der Waals surface area (Å²) in [6.45, 7) is 0. The Morgan fingerprint density at radius 1 is 0.324 bits per heavy atom. The fraction of sp³-hybridized carbons (Fsp3) is 0.0159. The summed E-state index contributed by atoms with van der Waals surface area (Å²) < 4.78 is 2.13. The van der Waals surface area contributed by atoms with Crippen LogP contribution in [0.2, 0.25) is 0 Å². The molecule has 316 valence electrons. The standard InChI is InChI=1S/C63H39N5/c1-4-18-40(19-5-1)56-39-45-24-10-11-25-47(45)59-57(58(67-68(56)59)42-20-6-2-7-21-42)41-32-34-44(35-33-41)61-64-60(43-22-8-3-9-23-43)65-62(66-61)46-36-37-51-50-28-14-17-31-54(50)63(55(51)38-46)52-29-15-12-26-48(52)49-27-13-16-30-53(49)63/h1-39H. The maximum atomic E-state index is 5.43. The molecule has 14 rings (SSSR count). The van der Waals surface area contributed by atoms with Crippen LogP contribution in [0, 0.1) is 0 Å². The van der Waals surface area contributed by atoms with Crippen molar-refractivity contribution in [2.24, 2.45) is 0 Å². The van der Waals surface area contributed by atoms with Gasteiger partial charge in [-0.3, -0.25) is 0 Å². The topological polar surface area (TPSA) is 56.0 Å². The first-order valence-electron chi connectivity index (χ1n) is 23.1. The Bertz CT molecular complexity index is 3890. The van der Waals surface area contributed by atoms with Crippen LogP contribution in [-0.4, -0.2) is 24.6 Å². The Morgan fingerprint density at radius 3 is 1.37 bits per heavy atom. The quantitative estimate of drug-likeness (QED) is 0.167. The van der Waals surface area contributed by atoms with E-state index in [1.807, 2.05) is 18.2 Å². The van der Waals surface area contributed by atoms with Crippen LogP contribution in [0.15, 0.2) is 237 Å². The molecule has 68 heavy (non-hydrogen) atoms. The number of nitrogens with zero attached hydrogens (tertiary/aromatic N) is 5. The Kier molecular flexibility index (Phi) is 8.43. The normalized spacial score (nSPS) is 12.8. The zero-order chi connectivity index (χ0) is 44.8. The van der Waals surface area contributed by atoms with E-state index in [0.29, 0.717) is 17.5 Å². The zero-order valence-corrected chi connectivity index (χ0v) is 36.8. The van der Waals surface area contributed by atoms with Gasteiger partial charge in [-0.2, -0.15) is 5.10 Å². The van der Waals surface area contributed by atoms with E-state index in [4.69, 9.17) is 20.1 Å². The lowest BCUT2D eigenvalue weighted by molar-refractivity contribution is 0.794. The number of hydrogen-bond acceptors (Lipinski definition) is 4. The second-order valence-electron chi connectivity index (χ2n) is 17.7. The number of rotatable bonds is 6. The summed E-state index contributed by atoms with van der Waals surface area (Å²) in [5.41, 5.74) is 19.8. The summed E-state index contributed by atoms with van der Waals surface area (Å²) in [6.07, 6.45) is 0. The van der Waals surface area contributed by atoms with Crippen LogP contribution in [0.3, 0.4) is 0 Å². The van der Waals surface area contributed by atoms with E-state index in [9.17, 15) is 0 Å². The molecule has 0 fully saturated rings. The third-order valence-corrected chi connectivity index (χ3v) is 14.1. The van der Waals surface area contributed by atoms with Crippen LogP contribution in [0.1, 0.15) is 22.3 Å². The second-order valence-corrected chi connectivity index (χ2v) is 17.7. The predicted octanol–water partition coefficient (Wildman–Crippen LogP) is 15.0. The van der Waals surface area contributed by atoms with Gasteiger partial charge in [0.2, 0.25) is 0 Å². The lowest BCUT2D eigenvalue weighted by atomic mass is 9.70. The molecule has 0 N–H and O–H groups in total. The molecule has 0 saturated heterocycles. The van der Waals surface area contributed by atoms with Crippen LogP contribution in [0.4, 0.5) is 0 Å². The van der Waals surface area contributed by atoms with Crippen molar-refractivity contribution in [3.63, 3.8) is 0 Å². The van der Waals surface area contributed by atoms with Crippen LogP contribution in [0.5, 0.6) is 0 Å². The second kappa shape index (κ2) is 15.0. The van der Waals surface area contributed by atoms with Gasteiger partial charge in [0.15, 0.2) is 17.5 Å². The van der Waals surface area contributed by atoms with Crippen molar-refractivity contribution in [3.8, 4) is 90.1 Å². The molecule has 9 aromatic carbocycles. The molecule has 0 radical (unpaired) electrons. The third kappa shape index (κ3) is 5.63. The first-order valence-corrected chi connectivity index (χ1v) is 23.1. The summed E-state index contributed by atoms with van der Waals surface area (Å²) in [7, 11) is 0. The van der Waals surface area contributed by atoms with Gasteiger partial charge in [-0.15, -0.1) is 0 Å². The van der Waals surface area contributed by atoms with E-state index >= 15 is 0 Å². The minimum Gasteiger partial charge on any atom is -0.231 e. The molecular weight excluding hydrogens is 827 g/mol. The third-order valence-electron chi connectivity index (χ3n) is 14.1. The van der Waals surface area contributed by atoms with Crippen molar-refractivity contribution in [3.05, 3.63) is 259 Å². The molecule has 1 spiro atoms. The summed E-state index contributed by atoms with van der Waals surface area (Å²) in [5.74, 6) is 1.86. The molecule has 0 bridgehead atoms. The van der Waals surface area contributed by atoms with Gasteiger partial charge in [0, 0.05) is 38.8 Å². The number of pyridine rings is 1. The highest BCUT2D eigenvalue weighted by molar-refractivity contribution is 6.08. The minimum atomic E-state index is -0.479. The van der Waals surface area contributed by atoms with E-state index in [0.717, 1.165) is 66.6 Å². The summed E-state index contributed by atoms with van der Waals surface area (Å²) in [5, 5.41) is 7.73. The average Bonchev–Trinajstić information content (AvgIpc) is 4.07. The van der Waals surface area contributed by atoms with Gasteiger partial charge in [-0.05, 0) is 67.6 Å². The summed E-state index contributed by atoms with van der Waals surface area (Å²) >= 11 is 0. The zero-order valence-electron chi connectivity index (χ0n) is 36.8. The molecule has 2 aliphatic rings. The Labute approximate surface area is 393 Å². The summed E-state index contributed by atoms with van der Waals surface area (Å²) in [4.78, 5) is 15.8. The lowest BCUT2D eigenvalue weighted by Gasteiger charge is -2.30. The van der Waals surface area contributed by atoms with Crippen LogP contribution >= 0.6 is 0 Å². The Morgan fingerprint density at radius 2 is 0.765 bits per heavy atom. The molecule has 0 saturated carbocycles. The first-order chi connectivity index (χ1) is 33.7. The van der Waals surface area contributed by atoms with E-state index in [2.05, 4.69) is 223 Å². The highest BCUT2D eigenvalue weighted by atomic mass is 15.2. The molecule has 3 heterocycles. The van der Waals surface area contributed by atoms with Crippen LogP contribution in [-0.2, 0) is 5.41 Å². The van der Waals surface area contributed by atoms with Gasteiger partial charge >= 0.3 is 0 Å². The molecule has 5 nitrogen and oxygen atoms in total. The monoisotopic (exact) mass is 865 g/mol. The SMILES string of the molecule is c1ccc(-c2nc(-c3ccc(-c4c(-c5ccccc5)nn5c(-c6ccccc6)cc6ccccc6c45)cc3)nc(-c3ccc4c(c3)C3(c5ccccc5-c5ccccc53)c3ccccc3-4)n2)cc1. The van der Waals surface area contributed by atoms with Gasteiger partial charge in [-0.25, -0.2) is 19.5 Å². The van der Waals surface area contributed by atoms with Gasteiger partial charge in [0.25, 0.3) is 0 Å². The molecule has 0 amide bonds. The number of aromatic nitrogens is 5. The molecule has 0 unspecified atom stereocenters. The van der Waals surface area contributed by atoms with Crippen molar-refractivity contribution < 1.29 is 0 Å². The Balaban J connectivity index is 0.950. The van der Waals surface area contributed by atoms with Crippen molar-refractivity contribution in [1.82, 2.24) is 24.6 Å². The van der Waals surface area contributed by atoms with Crippen molar-refractivity contribution in [2.75, 3.05) is 0 Å². The fourth-order valence-electron chi connectivity index (χ4n) is 11.1. The van der Waals surface area contributed by atoms with Gasteiger partial charge in [-0.1, -0.05) is 224 Å². The Hall–Kier alpha value is -9.06. The van der Waals surface area contributed by atoms with Crippen LogP contribution in [0.25, 0.3) is 106 Å². The first kappa shape index (κ1) is 38.2. The number of benzene rings is 9. The average molecular weight is 866 g/mol. The van der Waals surface area contributed by atoms with E-state index < -0.39 is 5.41 Å². The highest BCUT2D eigenvalue weighted by Crippen LogP contribution is 2.63. The predicted molar refractivity (Wildman–Crippen MR) is 275 cm³/mol. The fourth-order valence-corrected chi connectivity index (χ4v) is 11.1. The molecule has 5 heteroatoms. The number of fused-ring (bicyclic) bond motifs is 13. The van der Waals surface area contributed by atoms with Gasteiger partial charge in [0.1, 0.15) is 5.69 Å². The minimum absolute atomic E-state index is 0.479. The van der Waals surface area contributed by atoms with E-state index in [1.54, 1.807) is 0 Å². The van der Waals surface area contributed by atoms with Gasteiger partial charge in [0.05, 0.1) is 16.6 Å². The number of hydrogen-bond donors (Lipinski definition) is 0. The van der Waals surface area contributed by atoms with Crippen LogP contribution < -0.4 is 0 Å². The molecule has 2 aliphatic carbocycles. The molecule has 0 aliphatic heterocycles. The van der Waals surface area contributed by atoms with E-state index in [1.165, 1.54) is 44.5 Å². The van der Waals surface area contributed by atoms with Crippen molar-refractivity contribution in [1.29, 1.82) is 0 Å². The lowest BCUT2D eigenvalue weighted by Crippen LogP contribution is -2.25. The van der Waals surface area contributed by atoms with Crippen molar-refractivity contribution >= 4 is 16.3 Å². The maximum Gasteiger partial charge on any atom is 0.164 e. The van der Waals surface area contributed by atoms with Crippen molar-refractivity contribution in [2.45, 2.75) is 5.41 Å². The highest BCUT2D eigenvalue weighted by Gasteiger charge is 2.51. The van der Waals surface area contributed by atoms with Gasteiger partial charge < -0.3 is 0 Å². The largest absolute Gasteiger partial charge is 0.231 e. The summed E-state index contributed by atoms with van der Waals surface area (Å²) in [6, 6.07) is 84.3. The maximum absolute atomic E-state index is 5.43. The molecular formula is C63H39N5. The molecule has 12 aromatic rings. The van der Waals surface area contributed by atoms with E-state index in [-0.39, 0.29) is 0 Å².